The van der Waals surface area contributed by atoms with E-state index in [-0.39, 0.29) is 18.1 Å². The van der Waals surface area contributed by atoms with E-state index in [2.05, 4.69) is 5.32 Å². The van der Waals surface area contributed by atoms with Crippen molar-refractivity contribution in [1.29, 1.82) is 0 Å². The normalized spacial score (nSPS) is 19.9. The molecule has 1 aromatic heterocycles. The minimum absolute atomic E-state index is 0.0353. The predicted molar refractivity (Wildman–Crippen MR) is 91.4 cm³/mol. The molecule has 1 aromatic carbocycles. The zero-order chi connectivity index (χ0) is 16.9. The number of urea groups is 1. The Morgan fingerprint density at radius 1 is 1.33 bits per heavy atom. The van der Waals surface area contributed by atoms with E-state index in [4.69, 9.17) is 4.42 Å². The number of likely N-dealkylation sites (tertiary alicyclic amines) is 1. The topological polar surface area (TPSA) is 65.7 Å². The van der Waals surface area contributed by atoms with Gasteiger partial charge in [-0.05, 0) is 37.5 Å². The van der Waals surface area contributed by atoms with E-state index >= 15 is 0 Å². The van der Waals surface area contributed by atoms with Gasteiger partial charge < -0.3 is 19.7 Å². The van der Waals surface area contributed by atoms with Crippen LogP contribution in [0.4, 0.5) is 4.79 Å². The van der Waals surface area contributed by atoms with Crippen LogP contribution in [0.1, 0.15) is 49.7 Å². The molecule has 1 fully saturated rings. The van der Waals surface area contributed by atoms with Gasteiger partial charge in [0, 0.05) is 19.0 Å². The van der Waals surface area contributed by atoms with Gasteiger partial charge in [0.2, 0.25) is 0 Å². The maximum atomic E-state index is 12.6. The van der Waals surface area contributed by atoms with Gasteiger partial charge in [0.15, 0.2) is 0 Å². The lowest BCUT2D eigenvalue weighted by Gasteiger charge is -2.28. The summed E-state index contributed by atoms with van der Waals surface area (Å²) < 4.78 is 5.25. The van der Waals surface area contributed by atoms with Gasteiger partial charge in [0.05, 0.1) is 12.3 Å². The summed E-state index contributed by atoms with van der Waals surface area (Å²) in [5, 5.41) is 13.3. The molecule has 24 heavy (non-hydrogen) atoms. The first-order chi connectivity index (χ1) is 11.6. The molecule has 0 spiro atoms. The summed E-state index contributed by atoms with van der Waals surface area (Å²) >= 11 is 0. The Bertz CT molecular complexity index is 642. The number of aliphatic hydroxyl groups is 1. The lowest BCUT2D eigenvalue weighted by molar-refractivity contribution is 0.107. The zero-order valence-corrected chi connectivity index (χ0v) is 13.9. The van der Waals surface area contributed by atoms with Gasteiger partial charge in [-0.1, -0.05) is 30.3 Å². The van der Waals surface area contributed by atoms with Crippen LogP contribution < -0.4 is 5.32 Å². The van der Waals surface area contributed by atoms with Crippen molar-refractivity contribution in [2.45, 2.75) is 44.4 Å². The van der Waals surface area contributed by atoms with Crippen molar-refractivity contribution >= 4 is 6.03 Å². The number of nitrogens with zero attached hydrogens (tertiary/aromatic N) is 1. The standard InChI is InChI=1S/C19H24N2O3/c1-14(15-7-3-2-4-8-15)20-19(23)21-11-5-9-16(21)13-17(22)18-10-6-12-24-18/h2-4,6-8,10,12,14,16-17,22H,5,9,11,13H2,1H3,(H,20,23). The highest BCUT2D eigenvalue weighted by Crippen LogP contribution is 2.28. The maximum Gasteiger partial charge on any atom is 0.318 e. The Hall–Kier alpha value is -2.27. The second-order valence-electron chi connectivity index (χ2n) is 6.34. The number of carbonyl (C=O) groups excluding carboxylic acids is 1. The van der Waals surface area contributed by atoms with Crippen molar-refractivity contribution in [2.75, 3.05) is 6.54 Å². The molecule has 5 nitrogen and oxygen atoms in total. The van der Waals surface area contributed by atoms with Crippen LogP contribution in [-0.2, 0) is 0 Å². The smallest absolute Gasteiger partial charge is 0.318 e. The predicted octanol–water partition coefficient (Wildman–Crippen LogP) is 3.64. The molecule has 3 atom stereocenters. The van der Waals surface area contributed by atoms with Gasteiger partial charge in [-0.25, -0.2) is 4.79 Å². The van der Waals surface area contributed by atoms with Crippen LogP contribution in [-0.4, -0.2) is 28.6 Å². The van der Waals surface area contributed by atoms with Crippen LogP contribution in [0.15, 0.2) is 53.1 Å². The van der Waals surface area contributed by atoms with Gasteiger partial charge >= 0.3 is 6.03 Å². The van der Waals surface area contributed by atoms with E-state index in [0.717, 1.165) is 24.9 Å². The van der Waals surface area contributed by atoms with Crippen molar-refractivity contribution in [2.24, 2.45) is 0 Å². The SMILES string of the molecule is CC(NC(=O)N1CCCC1CC(O)c1ccco1)c1ccccc1. The first-order valence-electron chi connectivity index (χ1n) is 8.48. The van der Waals surface area contributed by atoms with Crippen molar-refractivity contribution in [1.82, 2.24) is 10.2 Å². The van der Waals surface area contributed by atoms with Crippen LogP contribution in [0.3, 0.4) is 0 Å². The molecule has 1 saturated heterocycles. The third kappa shape index (κ3) is 3.79. The van der Waals surface area contributed by atoms with E-state index in [1.807, 2.05) is 42.2 Å². The number of nitrogens with one attached hydrogen (secondary N) is 1. The minimum Gasteiger partial charge on any atom is -0.467 e. The second-order valence-corrected chi connectivity index (χ2v) is 6.34. The fourth-order valence-corrected chi connectivity index (χ4v) is 3.30. The quantitative estimate of drug-likeness (QED) is 0.880. The second kappa shape index (κ2) is 7.53. The third-order valence-electron chi connectivity index (χ3n) is 4.64. The molecule has 1 aliphatic rings. The molecule has 3 unspecified atom stereocenters. The fourth-order valence-electron chi connectivity index (χ4n) is 3.30. The lowest BCUT2D eigenvalue weighted by Crippen LogP contribution is -2.44. The number of benzene rings is 1. The van der Waals surface area contributed by atoms with Crippen LogP contribution in [0, 0.1) is 0 Å². The number of carbonyl (C=O) groups is 1. The molecule has 128 valence electrons. The number of furan rings is 1. The molecular weight excluding hydrogens is 304 g/mol. The molecule has 2 aromatic rings. The summed E-state index contributed by atoms with van der Waals surface area (Å²) in [4.78, 5) is 14.5. The molecule has 0 saturated carbocycles. The van der Waals surface area contributed by atoms with Gasteiger partial charge in [0.1, 0.15) is 11.9 Å². The molecule has 0 aliphatic carbocycles. The minimum atomic E-state index is -0.676. The molecule has 2 heterocycles. The summed E-state index contributed by atoms with van der Waals surface area (Å²) in [7, 11) is 0. The molecule has 2 amide bonds. The third-order valence-corrected chi connectivity index (χ3v) is 4.64. The summed E-state index contributed by atoms with van der Waals surface area (Å²) in [6.07, 6.45) is 3.25. The van der Waals surface area contributed by atoms with Crippen LogP contribution in [0.2, 0.25) is 0 Å². The van der Waals surface area contributed by atoms with Crippen molar-refractivity contribution in [3.63, 3.8) is 0 Å². The van der Waals surface area contributed by atoms with Gasteiger partial charge in [-0.2, -0.15) is 0 Å². The first-order valence-corrected chi connectivity index (χ1v) is 8.48. The average Bonchev–Trinajstić information content (AvgIpc) is 3.27. The monoisotopic (exact) mass is 328 g/mol. The Balaban J connectivity index is 1.59. The summed E-state index contributed by atoms with van der Waals surface area (Å²) in [6, 6.07) is 13.4. The molecular formula is C19H24N2O3. The molecule has 0 bridgehead atoms. The van der Waals surface area contributed by atoms with E-state index in [1.165, 1.54) is 0 Å². The van der Waals surface area contributed by atoms with E-state index in [0.29, 0.717) is 12.2 Å². The highest BCUT2D eigenvalue weighted by molar-refractivity contribution is 5.75. The van der Waals surface area contributed by atoms with Crippen molar-refractivity contribution < 1.29 is 14.3 Å². The molecule has 5 heteroatoms. The number of hydrogen-bond acceptors (Lipinski definition) is 3. The van der Waals surface area contributed by atoms with E-state index in [1.54, 1.807) is 18.4 Å². The fraction of sp³-hybridized carbons (Fsp3) is 0.421. The number of aliphatic hydroxyl groups excluding tert-OH is 1. The summed E-state index contributed by atoms with van der Waals surface area (Å²) in [6.45, 7) is 2.71. The average molecular weight is 328 g/mol. The molecule has 1 aliphatic heterocycles. The number of amides is 2. The van der Waals surface area contributed by atoms with Crippen LogP contribution in [0.25, 0.3) is 0 Å². The summed E-state index contributed by atoms with van der Waals surface area (Å²) in [5.41, 5.74) is 1.08. The van der Waals surface area contributed by atoms with Crippen LogP contribution in [0.5, 0.6) is 0 Å². The maximum absolute atomic E-state index is 12.6. The Kier molecular flexibility index (Phi) is 5.20. The van der Waals surface area contributed by atoms with Gasteiger partial charge in [-0.3, -0.25) is 0 Å². The summed E-state index contributed by atoms with van der Waals surface area (Å²) in [5.74, 6) is 0.555. The lowest BCUT2D eigenvalue weighted by atomic mass is 10.1. The first kappa shape index (κ1) is 16.6. The Labute approximate surface area is 142 Å². The van der Waals surface area contributed by atoms with Crippen LogP contribution >= 0.6 is 0 Å². The largest absolute Gasteiger partial charge is 0.467 e. The zero-order valence-electron chi connectivity index (χ0n) is 13.9. The molecule has 0 radical (unpaired) electrons. The Morgan fingerprint density at radius 3 is 2.83 bits per heavy atom. The van der Waals surface area contributed by atoms with E-state index < -0.39 is 6.10 Å². The highest BCUT2D eigenvalue weighted by atomic mass is 16.4. The van der Waals surface area contributed by atoms with Crippen molar-refractivity contribution in [3.05, 3.63) is 60.1 Å². The van der Waals surface area contributed by atoms with Crippen molar-refractivity contribution in [3.8, 4) is 0 Å². The van der Waals surface area contributed by atoms with E-state index in [9.17, 15) is 9.90 Å². The van der Waals surface area contributed by atoms with Gasteiger partial charge in [-0.15, -0.1) is 0 Å². The number of hydrogen-bond donors (Lipinski definition) is 2. The number of rotatable bonds is 5. The Morgan fingerprint density at radius 2 is 2.12 bits per heavy atom. The molecule has 2 N–H and O–H groups in total. The highest BCUT2D eigenvalue weighted by Gasteiger charge is 2.31. The van der Waals surface area contributed by atoms with Gasteiger partial charge in [0.25, 0.3) is 0 Å². The molecule has 3 rings (SSSR count).